The van der Waals surface area contributed by atoms with Gasteiger partial charge in [0.25, 0.3) is 0 Å². The van der Waals surface area contributed by atoms with Crippen molar-refractivity contribution in [3.8, 4) is 0 Å². The van der Waals surface area contributed by atoms with Crippen LogP contribution in [0.15, 0.2) is 12.3 Å². The van der Waals surface area contributed by atoms with Gasteiger partial charge in [0.1, 0.15) is 0 Å². The second-order valence-corrected chi connectivity index (χ2v) is 3.97. The minimum atomic E-state index is -4.09. The molecule has 0 saturated heterocycles. The number of rotatable bonds is 3. The minimum absolute atomic E-state index is 0.0681. The van der Waals surface area contributed by atoms with E-state index < -0.39 is 18.0 Å². The Morgan fingerprint density at radius 1 is 1.29 bits per heavy atom. The monoisotopic (exact) mass is 206 g/mol. The lowest BCUT2D eigenvalue weighted by Crippen LogP contribution is -2.21. The van der Waals surface area contributed by atoms with Gasteiger partial charge in [0.15, 0.2) is 0 Å². The summed E-state index contributed by atoms with van der Waals surface area (Å²) >= 11 is 0. The van der Waals surface area contributed by atoms with Crippen LogP contribution in [-0.4, -0.2) is 16.4 Å². The number of nitrogens with zero attached hydrogens (tertiary/aromatic N) is 1. The molecule has 0 aliphatic rings. The SMILES string of the molecule is CC(C)(CCC(F)(F)F)c1ccn[nH]1. The molecule has 0 amide bonds. The number of alkyl halides is 3. The molecule has 0 spiro atoms. The van der Waals surface area contributed by atoms with E-state index >= 15 is 0 Å². The highest BCUT2D eigenvalue weighted by Gasteiger charge is 2.32. The normalized spacial score (nSPS) is 13.2. The molecule has 1 rings (SSSR count). The summed E-state index contributed by atoms with van der Waals surface area (Å²) in [5, 5.41) is 6.42. The van der Waals surface area contributed by atoms with Crippen molar-refractivity contribution in [2.45, 2.75) is 38.3 Å². The summed E-state index contributed by atoms with van der Waals surface area (Å²) < 4.78 is 36.0. The van der Waals surface area contributed by atoms with E-state index in [-0.39, 0.29) is 6.42 Å². The third-order valence-corrected chi connectivity index (χ3v) is 2.26. The highest BCUT2D eigenvalue weighted by molar-refractivity contribution is 5.11. The van der Waals surface area contributed by atoms with E-state index in [1.54, 1.807) is 26.1 Å². The van der Waals surface area contributed by atoms with Crippen molar-refractivity contribution in [2.75, 3.05) is 0 Å². The number of H-pyrrole nitrogens is 1. The first-order chi connectivity index (χ1) is 6.31. The smallest absolute Gasteiger partial charge is 0.282 e. The molecule has 0 aliphatic carbocycles. The molecular formula is C9H13F3N2. The van der Waals surface area contributed by atoms with Crippen molar-refractivity contribution in [2.24, 2.45) is 0 Å². The highest BCUT2D eigenvalue weighted by Crippen LogP contribution is 2.32. The average Bonchev–Trinajstić information content (AvgIpc) is 2.52. The van der Waals surface area contributed by atoms with Crippen LogP contribution in [0, 0.1) is 0 Å². The zero-order valence-corrected chi connectivity index (χ0v) is 8.15. The van der Waals surface area contributed by atoms with Gasteiger partial charge in [0.05, 0.1) is 0 Å². The van der Waals surface area contributed by atoms with Crippen LogP contribution < -0.4 is 0 Å². The third-order valence-electron chi connectivity index (χ3n) is 2.26. The first kappa shape index (κ1) is 11.1. The van der Waals surface area contributed by atoms with Gasteiger partial charge in [-0.2, -0.15) is 18.3 Å². The van der Waals surface area contributed by atoms with Crippen LogP contribution in [0.3, 0.4) is 0 Å². The fraction of sp³-hybridized carbons (Fsp3) is 0.667. The molecular weight excluding hydrogens is 193 g/mol. The molecule has 5 heteroatoms. The highest BCUT2D eigenvalue weighted by atomic mass is 19.4. The molecule has 0 unspecified atom stereocenters. The number of aromatic amines is 1. The molecule has 1 aromatic rings. The summed E-state index contributed by atoms with van der Waals surface area (Å²) in [5.74, 6) is 0. The molecule has 2 nitrogen and oxygen atoms in total. The molecule has 0 aromatic carbocycles. The number of hydrogen-bond acceptors (Lipinski definition) is 1. The Bertz CT molecular complexity index is 275. The van der Waals surface area contributed by atoms with Crippen LogP contribution in [0.5, 0.6) is 0 Å². The molecule has 0 fully saturated rings. The van der Waals surface area contributed by atoms with Crippen LogP contribution in [0.4, 0.5) is 13.2 Å². The van der Waals surface area contributed by atoms with Gasteiger partial charge in [0.2, 0.25) is 0 Å². The van der Waals surface area contributed by atoms with Crippen molar-refractivity contribution in [1.82, 2.24) is 10.2 Å². The first-order valence-electron chi connectivity index (χ1n) is 4.38. The molecule has 0 atom stereocenters. The molecule has 0 aliphatic heterocycles. The lowest BCUT2D eigenvalue weighted by molar-refractivity contribution is -0.138. The summed E-state index contributed by atoms with van der Waals surface area (Å²) in [6.45, 7) is 3.54. The van der Waals surface area contributed by atoms with Crippen molar-refractivity contribution in [1.29, 1.82) is 0 Å². The molecule has 1 aromatic heterocycles. The Labute approximate surface area is 80.5 Å². The summed E-state index contributed by atoms with van der Waals surface area (Å²) in [5.41, 5.74) is 0.230. The van der Waals surface area contributed by atoms with Gasteiger partial charge in [0, 0.05) is 23.7 Å². The Hall–Kier alpha value is -1.00. The predicted octanol–water partition coefficient (Wildman–Crippen LogP) is 3.03. The zero-order chi connectivity index (χ0) is 10.8. The second kappa shape index (κ2) is 3.63. The van der Waals surface area contributed by atoms with Crippen molar-refractivity contribution < 1.29 is 13.2 Å². The van der Waals surface area contributed by atoms with Gasteiger partial charge in [-0.3, -0.25) is 5.10 Å². The fourth-order valence-electron chi connectivity index (χ4n) is 1.22. The van der Waals surface area contributed by atoms with Crippen molar-refractivity contribution in [3.05, 3.63) is 18.0 Å². The molecule has 80 valence electrons. The Balaban J connectivity index is 2.59. The van der Waals surface area contributed by atoms with Gasteiger partial charge >= 0.3 is 6.18 Å². The lowest BCUT2D eigenvalue weighted by Gasteiger charge is -2.23. The summed E-state index contributed by atoms with van der Waals surface area (Å²) in [6.07, 6.45) is -3.24. The summed E-state index contributed by atoms with van der Waals surface area (Å²) in [6, 6.07) is 1.70. The van der Waals surface area contributed by atoms with Gasteiger partial charge in [-0.1, -0.05) is 13.8 Å². The van der Waals surface area contributed by atoms with E-state index in [0.717, 1.165) is 5.69 Å². The average molecular weight is 206 g/mol. The quantitative estimate of drug-likeness (QED) is 0.809. The number of hydrogen-bond donors (Lipinski definition) is 1. The third kappa shape index (κ3) is 3.05. The van der Waals surface area contributed by atoms with Gasteiger partial charge in [-0.25, -0.2) is 0 Å². The Morgan fingerprint density at radius 2 is 1.93 bits per heavy atom. The van der Waals surface area contributed by atoms with Crippen molar-refractivity contribution in [3.63, 3.8) is 0 Å². The minimum Gasteiger partial charge on any atom is -0.282 e. The Morgan fingerprint density at radius 3 is 2.36 bits per heavy atom. The van der Waals surface area contributed by atoms with Crippen LogP contribution in [0.2, 0.25) is 0 Å². The summed E-state index contributed by atoms with van der Waals surface area (Å²) in [4.78, 5) is 0. The van der Waals surface area contributed by atoms with Crippen LogP contribution in [-0.2, 0) is 5.41 Å². The van der Waals surface area contributed by atoms with Crippen LogP contribution >= 0.6 is 0 Å². The van der Waals surface area contributed by atoms with E-state index in [2.05, 4.69) is 10.2 Å². The molecule has 1 heterocycles. The fourth-order valence-corrected chi connectivity index (χ4v) is 1.22. The maximum Gasteiger partial charge on any atom is 0.389 e. The molecule has 1 N–H and O–H groups in total. The van der Waals surface area contributed by atoms with Gasteiger partial charge in [-0.15, -0.1) is 0 Å². The first-order valence-corrected chi connectivity index (χ1v) is 4.38. The van der Waals surface area contributed by atoms with Gasteiger partial charge < -0.3 is 0 Å². The van der Waals surface area contributed by atoms with Gasteiger partial charge in [-0.05, 0) is 12.5 Å². The largest absolute Gasteiger partial charge is 0.389 e. The van der Waals surface area contributed by atoms with E-state index in [0.29, 0.717) is 0 Å². The Kier molecular flexibility index (Phi) is 2.87. The van der Waals surface area contributed by atoms with Crippen LogP contribution in [0.1, 0.15) is 32.4 Å². The number of nitrogens with one attached hydrogen (secondary N) is 1. The number of aromatic nitrogens is 2. The lowest BCUT2D eigenvalue weighted by atomic mass is 9.84. The number of halogens is 3. The second-order valence-electron chi connectivity index (χ2n) is 3.97. The molecule has 0 radical (unpaired) electrons. The standard InChI is InChI=1S/C9H13F3N2/c1-8(2,4-5-9(10,11)12)7-3-6-13-14-7/h3,6H,4-5H2,1-2H3,(H,13,14). The predicted molar refractivity (Wildman–Crippen MR) is 46.9 cm³/mol. The molecule has 0 saturated carbocycles. The van der Waals surface area contributed by atoms with E-state index in [4.69, 9.17) is 0 Å². The summed E-state index contributed by atoms with van der Waals surface area (Å²) in [7, 11) is 0. The molecule has 0 bridgehead atoms. The van der Waals surface area contributed by atoms with Crippen LogP contribution in [0.25, 0.3) is 0 Å². The maximum atomic E-state index is 12.0. The van der Waals surface area contributed by atoms with E-state index in [9.17, 15) is 13.2 Å². The van der Waals surface area contributed by atoms with Crippen molar-refractivity contribution >= 4 is 0 Å². The molecule has 14 heavy (non-hydrogen) atoms. The van der Waals surface area contributed by atoms with E-state index in [1.165, 1.54) is 0 Å². The van der Waals surface area contributed by atoms with E-state index in [1.807, 2.05) is 0 Å². The zero-order valence-electron chi connectivity index (χ0n) is 8.15. The topological polar surface area (TPSA) is 28.7 Å². The maximum absolute atomic E-state index is 12.0.